The number of benzene rings is 3. The Balaban J connectivity index is 1.89. The summed E-state index contributed by atoms with van der Waals surface area (Å²) in [5.41, 5.74) is 4.31. The van der Waals surface area contributed by atoms with Crippen molar-refractivity contribution in [1.82, 2.24) is 4.98 Å². The Morgan fingerprint density at radius 1 is 0.667 bits per heavy atom. The molecule has 0 bridgehead atoms. The molecule has 0 atom stereocenters. The van der Waals surface area contributed by atoms with Crippen LogP contribution in [0.15, 0.2) is 91.1 Å². The summed E-state index contributed by atoms with van der Waals surface area (Å²) in [6, 6.07) is 29.3. The van der Waals surface area contributed by atoms with Crippen LogP contribution in [0.2, 0.25) is 0 Å². The highest BCUT2D eigenvalue weighted by atomic mass is 127. The monoisotopic (exact) mass is 422 g/mol. The van der Waals surface area contributed by atoms with Gasteiger partial charge in [-0.05, 0) is 71.1 Å². The third kappa shape index (κ3) is 2.99. The molecule has 3 heteroatoms. The fourth-order valence-corrected chi connectivity index (χ4v) is 3.16. The maximum atomic E-state index is 4.63. The summed E-state index contributed by atoms with van der Waals surface area (Å²) < 4.78 is 1.22. The lowest BCUT2D eigenvalue weighted by Gasteiger charge is -2.25. The van der Waals surface area contributed by atoms with Crippen molar-refractivity contribution in [3.8, 4) is 0 Å². The van der Waals surface area contributed by atoms with Crippen LogP contribution in [0.5, 0.6) is 0 Å². The lowest BCUT2D eigenvalue weighted by Crippen LogP contribution is -2.10. The van der Waals surface area contributed by atoms with Crippen LogP contribution >= 0.6 is 22.6 Å². The maximum absolute atomic E-state index is 4.63. The molecule has 0 unspecified atom stereocenters. The largest absolute Gasteiger partial charge is 0.309 e. The number of rotatable bonds is 3. The van der Waals surface area contributed by atoms with Gasteiger partial charge < -0.3 is 4.90 Å². The summed E-state index contributed by atoms with van der Waals surface area (Å²) in [5, 5.41) is 1.14. The lowest BCUT2D eigenvalue weighted by atomic mass is 10.1. The number of nitrogens with zero attached hydrogens (tertiary/aromatic N) is 2. The molecule has 0 fully saturated rings. The first-order chi connectivity index (χ1) is 11.8. The minimum Gasteiger partial charge on any atom is -0.309 e. The molecule has 4 rings (SSSR count). The van der Waals surface area contributed by atoms with Crippen molar-refractivity contribution in [3.63, 3.8) is 0 Å². The zero-order valence-corrected chi connectivity index (χ0v) is 15.1. The van der Waals surface area contributed by atoms with Crippen molar-refractivity contribution in [3.05, 3.63) is 94.7 Å². The molecule has 0 N–H and O–H groups in total. The van der Waals surface area contributed by atoms with Gasteiger partial charge in [-0.1, -0.05) is 36.4 Å². The van der Waals surface area contributed by atoms with E-state index in [0.717, 1.165) is 28.0 Å². The highest BCUT2D eigenvalue weighted by Gasteiger charge is 2.12. The van der Waals surface area contributed by atoms with Crippen LogP contribution in [0, 0.1) is 3.57 Å². The van der Waals surface area contributed by atoms with Crippen molar-refractivity contribution in [1.29, 1.82) is 0 Å². The molecule has 0 spiro atoms. The second kappa shape index (κ2) is 6.61. The molecule has 0 amide bonds. The fraction of sp³-hybridized carbons (Fsp3) is 0. The van der Waals surface area contributed by atoms with Crippen LogP contribution in [-0.2, 0) is 0 Å². The van der Waals surface area contributed by atoms with Gasteiger partial charge in [0.05, 0.1) is 17.4 Å². The molecule has 2 nitrogen and oxygen atoms in total. The smallest absolute Gasteiger partial charge is 0.0703 e. The van der Waals surface area contributed by atoms with E-state index in [0.29, 0.717) is 0 Å². The Labute approximate surface area is 154 Å². The quantitative estimate of drug-likeness (QED) is 0.360. The van der Waals surface area contributed by atoms with Gasteiger partial charge in [-0.25, -0.2) is 0 Å². The summed E-state index contributed by atoms with van der Waals surface area (Å²) in [6.07, 6.45) is 1.94. The molecule has 0 saturated carbocycles. The van der Waals surface area contributed by atoms with E-state index in [1.807, 2.05) is 30.5 Å². The number of aromatic nitrogens is 1. The Hall–Kier alpha value is -2.40. The third-order valence-electron chi connectivity index (χ3n) is 3.93. The average molecular weight is 422 g/mol. The van der Waals surface area contributed by atoms with Crippen LogP contribution in [0.3, 0.4) is 0 Å². The summed E-state index contributed by atoms with van der Waals surface area (Å²) in [6.45, 7) is 0. The summed E-state index contributed by atoms with van der Waals surface area (Å²) in [4.78, 5) is 6.86. The Kier molecular flexibility index (Phi) is 4.17. The highest BCUT2D eigenvalue weighted by Crippen LogP contribution is 2.35. The molecule has 116 valence electrons. The summed E-state index contributed by atoms with van der Waals surface area (Å²) in [7, 11) is 0. The van der Waals surface area contributed by atoms with E-state index < -0.39 is 0 Å². The Morgan fingerprint density at radius 2 is 1.33 bits per heavy atom. The van der Waals surface area contributed by atoms with E-state index in [1.54, 1.807) is 0 Å². The van der Waals surface area contributed by atoms with E-state index in [2.05, 4.69) is 93.1 Å². The second-order valence-corrected chi connectivity index (χ2v) is 6.78. The van der Waals surface area contributed by atoms with Gasteiger partial charge in [0.2, 0.25) is 0 Å². The average Bonchev–Trinajstić information content (AvgIpc) is 2.64. The van der Waals surface area contributed by atoms with Gasteiger partial charge in [0.25, 0.3) is 0 Å². The molecule has 0 aliphatic rings. The molecule has 3 aromatic carbocycles. The molecule has 0 aliphatic heterocycles. The summed E-state index contributed by atoms with van der Waals surface area (Å²) in [5.74, 6) is 0. The minimum atomic E-state index is 1.01. The highest BCUT2D eigenvalue weighted by molar-refractivity contribution is 14.1. The van der Waals surface area contributed by atoms with Gasteiger partial charge in [-0.15, -0.1) is 0 Å². The Bertz CT molecular complexity index is 966. The van der Waals surface area contributed by atoms with Crippen molar-refractivity contribution in [2.24, 2.45) is 0 Å². The Morgan fingerprint density at radius 3 is 2.12 bits per heavy atom. The first kappa shape index (κ1) is 15.1. The number of anilines is 3. The number of hydrogen-bond acceptors (Lipinski definition) is 2. The van der Waals surface area contributed by atoms with Crippen LogP contribution in [0.1, 0.15) is 0 Å². The number of para-hydroxylation sites is 2. The fourth-order valence-electron chi connectivity index (χ4n) is 2.80. The van der Waals surface area contributed by atoms with Gasteiger partial charge in [0.15, 0.2) is 0 Å². The van der Waals surface area contributed by atoms with Crippen LogP contribution in [-0.4, -0.2) is 4.98 Å². The summed E-state index contributed by atoms with van der Waals surface area (Å²) >= 11 is 2.33. The number of pyridine rings is 1. The number of halogens is 1. The SMILES string of the molecule is Ic1ccc(N(c2ccccc2)c2cnc3ccccc3c2)cc1. The molecular formula is C21H15IN2. The third-order valence-corrected chi connectivity index (χ3v) is 4.65. The predicted molar refractivity (Wildman–Crippen MR) is 109 cm³/mol. The number of fused-ring (bicyclic) bond motifs is 1. The molecule has 24 heavy (non-hydrogen) atoms. The van der Waals surface area contributed by atoms with Gasteiger partial charge >= 0.3 is 0 Å². The lowest BCUT2D eigenvalue weighted by molar-refractivity contribution is 1.25. The van der Waals surface area contributed by atoms with Gasteiger partial charge in [-0.3, -0.25) is 4.98 Å². The number of hydrogen-bond donors (Lipinski definition) is 0. The minimum absolute atomic E-state index is 1.01. The zero-order chi connectivity index (χ0) is 16.4. The first-order valence-electron chi connectivity index (χ1n) is 7.77. The van der Waals surface area contributed by atoms with Crippen molar-refractivity contribution < 1.29 is 0 Å². The molecule has 0 radical (unpaired) electrons. The normalized spacial score (nSPS) is 10.7. The van der Waals surface area contributed by atoms with Crippen LogP contribution in [0.25, 0.3) is 10.9 Å². The van der Waals surface area contributed by atoms with Crippen molar-refractivity contribution in [2.45, 2.75) is 0 Å². The molecule has 1 aromatic heterocycles. The van der Waals surface area contributed by atoms with E-state index in [1.165, 1.54) is 3.57 Å². The molecular weight excluding hydrogens is 407 g/mol. The maximum Gasteiger partial charge on any atom is 0.0703 e. The molecule has 4 aromatic rings. The van der Waals surface area contributed by atoms with Crippen molar-refractivity contribution in [2.75, 3.05) is 4.90 Å². The zero-order valence-electron chi connectivity index (χ0n) is 12.9. The van der Waals surface area contributed by atoms with Gasteiger partial charge in [-0.2, -0.15) is 0 Å². The van der Waals surface area contributed by atoms with E-state index in [9.17, 15) is 0 Å². The van der Waals surface area contributed by atoms with Gasteiger partial charge in [0, 0.05) is 20.3 Å². The topological polar surface area (TPSA) is 16.1 Å². The van der Waals surface area contributed by atoms with Crippen LogP contribution in [0.4, 0.5) is 17.1 Å². The van der Waals surface area contributed by atoms with E-state index >= 15 is 0 Å². The van der Waals surface area contributed by atoms with Gasteiger partial charge in [0.1, 0.15) is 0 Å². The first-order valence-corrected chi connectivity index (χ1v) is 8.85. The predicted octanol–water partition coefficient (Wildman–Crippen LogP) is 6.31. The van der Waals surface area contributed by atoms with E-state index in [-0.39, 0.29) is 0 Å². The standard InChI is InChI=1S/C21H15IN2/c22-17-10-12-19(13-11-17)24(18-7-2-1-3-8-18)20-14-16-6-4-5-9-21(16)23-15-20/h1-15H. The van der Waals surface area contributed by atoms with Crippen LogP contribution < -0.4 is 4.90 Å². The molecule has 1 heterocycles. The van der Waals surface area contributed by atoms with E-state index in [4.69, 9.17) is 0 Å². The van der Waals surface area contributed by atoms with Crippen molar-refractivity contribution >= 4 is 50.6 Å². The molecule has 0 saturated heterocycles. The second-order valence-electron chi connectivity index (χ2n) is 5.53. The molecule has 0 aliphatic carbocycles.